The summed E-state index contributed by atoms with van der Waals surface area (Å²) in [6.07, 6.45) is -0.287. The second-order valence-corrected chi connectivity index (χ2v) is 8.28. The zero-order valence-electron chi connectivity index (χ0n) is 18.3. The van der Waals surface area contributed by atoms with Crippen molar-refractivity contribution >= 4 is 11.6 Å². The maximum atomic E-state index is 14.4. The van der Waals surface area contributed by atoms with E-state index in [1.807, 2.05) is 42.2 Å². The van der Waals surface area contributed by atoms with E-state index in [9.17, 15) is 9.18 Å². The van der Waals surface area contributed by atoms with Gasteiger partial charge in [0.1, 0.15) is 24.3 Å². The van der Waals surface area contributed by atoms with Crippen LogP contribution in [0.25, 0.3) is 0 Å². The third-order valence-electron chi connectivity index (χ3n) is 5.91. The molecule has 1 amide bonds. The van der Waals surface area contributed by atoms with Crippen molar-refractivity contribution in [3.63, 3.8) is 0 Å². The quantitative estimate of drug-likeness (QED) is 0.730. The van der Waals surface area contributed by atoms with Gasteiger partial charge >= 0.3 is 0 Å². The molecule has 6 nitrogen and oxygen atoms in total. The molecule has 2 aromatic carbocycles. The Balaban J connectivity index is 1.30. The minimum Gasteiger partial charge on any atom is -0.491 e. The van der Waals surface area contributed by atoms with Gasteiger partial charge in [-0.05, 0) is 49.7 Å². The molecule has 2 saturated heterocycles. The molecular weight excluding hydrogens is 399 g/mol. The van der Waals surface area contributed by atoms with Crippen LogP contribution in [0.3, 0.4) is 0 Å². The van der Waals surface area contributed by atoms with Crippen LogP contribution >= 0.6 is 0 Å². The molecule has 0 aromatic heterocycles. The molecule has 166 valence electrons. The number of hydrogen-bond donors (Lipinski definition) is 0. The Labute approximate surface area is 182 Å². The van der Waals surface area contributed by atoms with Crippen molar-refractivity contribution in [3.05, 3.63) is 59.4 Å². The minimum atomic E-state index is -1.11. The average Bonchev–Trinajstić information content (AvgIpc) is 3.14. The van der Waals surface area contributed by atoms with Gasteiger partial charge in [0.25, 0.3) is 0 Å². The van der Waals surface area contributed by atoms with Gasteiger partial charge in [0.2, 0.25) is 5.91 Å². The highest BCUT2D eigenvalue weighted by Gasteiger charge is 2.41. The zero-order valence-corrected chi connectivity index (χ0v) is 18.3. The Morgan fingerprint density at radius 3 is 2.52 bits per heavy atom. The number of nitrogens with zero attached hydrogens (tertiary/aromatic N) is 2. The number of benzene rings is 2. The maximum Gasteiger partial charge on any atom is 0.219 e. The van der Waals surface area contributed by atoms with Gasteiger partial charge in [-0.2, -0.15) is 0 Å². The number of rotatable bonds is 5. The number of carbonyl (C=O) groups excluding carboxylic acids is 1. The maximum absolute atomic E-state index is 14.4. The van der Waals surface area contributed by atoms with Crippen LogP contribution in [0, 0.1) is 12.7 Å². The fourth-order valence-corrected chi connectivity index (χ4v) is 4.07. The van der Waals surface area contributed by atoms with Gasteiger partial charge in [-0.15, -0.1) is 0 Å². The lowest BCUT2D eigenvalue weighted by Crippen LogP contribution is -2.48. The molecule has 0 aliphatic carbocycles. The predicted octanol–water partition coefficient (Wildman–Crippen LogP) is 3.47. The summed E-state index contributed by atoms with van der Waals surface area (Å²) in [5, 5.41) is 0. The van der Waals surface area contributed by atoms with Crippen molar-refractivity contribution in [2.45, 2.75) is 32.7 Å². The summed E-state index contributed by atoms with van der Waals surface area (Å²) in [7, 11) is 0. The molecule has 0 spiro atoms. The molecule has 0 saturated carbocycles. The van der Waals surface area contributed by atoms with Gasteiger partial charge in [0.15, 0.2) is 5.79 Å². The second kappa shape index (κ2) is 8.85. The molecular formula is C24H29FN2O4. The van der Waals surface area contributed by atoms with Crippen LogP contribution in [0.4, 0.5) is 10.1 Å². The van der Waals surface area contributed by atoms with Gasteiger partial charge in [-0.25, -0.2) is 4.39 Å². The first-order valence-corrected chi connectivity index (χ1v) is 10.7. The first-order chi connectivity index (χ1) is 14.8. The molecule has 0 N–H and O–H groups in total. The zero-order chi connectivity index (χ0) is 22.0. The third kappa shape index (κ3) is 4.83. The lowest BCUT2D eigenvalue weighted by atomic mass is 10.0. The van der Waals surface area contributed by atoms with E-state index in [0.29, 0.717) is 18.8 Å². The van der Waals surface area contributed by atoms with Gasteiger partial charge < -0.3 is 24.0 Å². The molecule has 4 rings (SSSR count). The van der Waals surface area contributed by atoms with Gasteiger partial charge in [-0.3, -0.25) is 4.79 Å². The molecule has 2 aromatic rings. The Hall–Kier alpha value is -2.64. The smallest absolute Gasteiger partial charge is 0.219 e. The van der Waals surface area contributed by atoms with E-state index in [4.69, 9.17) is 14.2 Å². The Morgan fingerprint density at radius 1 is 1.16 bits per heavy atom. The highest BCUT2D eigenvalue weighted by atomic mass is 19.1. The van der Waals surface area contributed by atoms with E-state index in [1.165, 1.54) is 6.07 Å². The Morgan fingerprint density at radius 2 is 1.87 bits per heavy atom. The van der Waals surface area contributed by atoms with Crippen LogP contribution in [0.15, 0.2) is 42.5 Å². The van der Waals surface area contributed by atoms with Crippen molar-refractivity contribution in [2.24, 2.45) is 0 Å². The minimum absolute atomic E-state index is 0.128. The summed E-state index contributed by atoms with van der Waals surface area (Å²) in [6, 6.07) is 13.0. The fourth-order valence-electron chi connectivity index (χ4n) is 4.07. The molecule has 2 fully saturated rings. The highest BCUT2D eigenvalue weighted by molar-refractivity contribution is 5.73. The fraction of sp³-hybridized carbons (Fsp3) is 0.458. The van der Waals surface area contributed by atoms with Crippen molar-refractivity contribution in [1.29, 1.82) is 0 Å². The molecule has 7 heteroatoms. The topological polar surface area (TPSA) is 51.2 Å². The van der Waals surface area contributed by atoms with Crippen molar-refractivity contribution < 1.29 is 23.4 Å². The Bertz CT molecular complexity index is 928. The standard InChI is InChI=1S/C24H29FN2O4/c1-17-4-9-22(23(25)14-17)24(3)30-16-21(31-24)15-29-20-7-5-19(6-8-20)27-12-10-26(11-13-27)18(2)28/h4-9,14,21H,10-13,15-16H2,1-3H3/t21-,24+/m0/s1. The van der Waals surface area contributed by atoms with E-state index in [1.54, 1.807) is 19.9 Å². The number of halogens is 1. The second-order valence-electron chi connectivity index (χ2n) is 8.28. The number of ether oxygens (including phenoxy) is 3. The average molecular weight is 429 g/mol. The number of anilines is 1. The molecule has 0 radical (unpaired) electrons. The molecule has 2 atom stereocenters. The number of aryl methyl sites for hydroxylation is 1. The van der Waals surface area contributed by atoms with Gasteiger partial charge in [-0.1, -0.05) is 12.1 Å². The molecule has 2 aliphatic heterocycles. The molecule has 0 unspecified atom stereocenters. The predicted molar refractivity (Wildman–Crippen MR) is 116 cm³/mol. The number of amides is 1. The van der Waals surface area contributed by atoms with E-state index in [0.717, 1.165) is 43.2 Å². The summed E-state index contributed by atoms with van der Waals surface area (Å²) in [5.41, 5.74) is 2.36. The van der Waals surface area contributed by atoms with E-state index in [2.05, 4.69) is 4.90 Å². The van der Waals surface area contributed by atoms with Gasteiger partial charge in [0, 0.05) is 44.4 Å². The van der Waals surface area contributed by atoms with Crippen LogP contribution in [0.5, 0.6) is 5.75 Å². The number of hydrogen-bond acceptors (Lipinski definition) is 5. The summed E-state index contributed by atoms with van der Waals surface area (Å²) >= 11 is 0. The lowest BCUT2D eigenvalue weighted by molar-refractivity contribution is -0.166. The van der Waals surface area contributed by atoms with Crippen LogP contribution in [-0.2, 0) is 20.1 Å². The number of carbonyl (C=O) groups is 1. The number of piperazine rings is 1. The third-order valence-corrected chi connectivity index (χ3v) is 5.91. The summed E-state index contributed by atoms with van der Waals surface area (Å²) in [4.78, 5) is 15.6. The van der Waals surface area contributed by atoms with E-state index >= 15 is 0 Å². The first kappa shape index (κ1) is 21.6. The van der Waals surface area contributed by atoms with Crippen LogP contribution < -0.4 is 9.64 Å². The molecule has 2 aliphatic rings. The summed E-state index contributed by atoms with van der Waals surface area (Å²) in [6.45, 7) is 8.98. The molecule has 2 heterocycles. The lowest BCUT2D eigenvalue weighted by Gasteiger charge is -2.35. The van der Waals surface area contributed by atoms with Crippen molar-refractivity contribution in [3.8, 4) is 5.75 Å². The van der Waals surface area contributed by atoms with Crippen molar-refractivity contribution in [1.82, 2.24) is 4.90 Å². The SMILES string of the molecule is CC(=O)N1CCN(c2ccc(OC[C@H]3CO[C@@](C)(c4ccc(C)cc4F)O3)cc2)CC1. The summed E-state index contributed by atoms with van der Waals surface area (Å²) < 4.78 is 32.0. The largest absolute Gasteiger partial charge is 0.491 e. The van der Waals surface area contributed by atoms with Crippen LogP contribution in [0.1, 0.15) is 25.0 Å². The normalized spacial score (nSPS) is 23.8. The van der Waals surface area contributed by atoms with Crippen LogP contribution in [0.2, 0.25) is 0 Å². The molecule has 0 bridgehead atoms. The highest BCUT2D eigenvalue weighted by Crippen LogP contribution is 2.35. The molecule has 31 heavy (non-hydrogen) atoms. The monoisotopic (exact) mass is 428 g/mol. The van der Waals surface area contributed by atoms with Crippen molar-refractivity contribution in [2.75, 3.05) is 44.3 Å². The van der Waals surface area contributed by atoms with Crippen LogP contribution in [-0.4, -0.2) is 56.3 Å². The van der Waals surface area contributed by atoms with Gasteiger partial charge in [0.05, 0.1) is 6.61 Å². The van der Waals surface area contributed by atoms with E-state index < -0.39 is 5.79 Å². The summed E-state index contributed by atoms with van der Waals surface area (Å²) in [5.74, 6) is -0.575. The van der Waals surface area contributed by atoms with E-state index in [-0.39, 0.29) is 17.8 Å². The first-order valence-electron chi connectivity index (χ1n) is 10.7. The Kier molecular flexibility index (Phi) is 6.16.